The number of fused-ring (bicyclic) bond motifs is 2. The Morgan fingerprint density at radius 2 is 1.40 bits per heavy atom. The lowest BCUT2D eigenvalue weighted by molar-refractivity contribution is 0.0532. The number of nitrogens with zero attached hydrogens (tertiary/aromatic N) is 1. The Bertz CT molecular complexity index is 2400. The first-order valence-corrected chi connectivity index (χ1v) is 24.0. The van der Waals surface area contributed by atoms with Crippen LogP contribution >= 0.6 is 38.6 Å². The van der Waals surface area contributed by atoms with E-state index in [0.29, 0.717) is 33.2 Å². The normalized spacial score (nSPS) is 17.9. The summed E-state index contributed by atoms with van der Waals surface area (Å²) >= 11 is 6.39. The Hall–Kier alpha value is -4.26. The first-order chi connectivity index (χ1) is 29.2. The summed E-state index contributed by atoms with van der Waals surface area (Å²) in [6, 6.07) is 32.2. The second-order valence-corrected chi connectivity index (χ2v) is 19.9. The molecule has 0 bridgehead atoms. The fourth-order valence-electron chi connectivity index (χ4n) is 9.34. The number of nitrogen functional groups attached to an aromatic ring is 1. The number of ether oxygens (including phenoxy) is 1. The highest BCUT2D eigenvalue weighted by atomic mass is 79.9. The summed E-state index contributed by atoms with van der Waals surface area (Å²) < 4.78 is 8.20. The molecule has 8 nitrogen and oxygen atoms in total. The van der Waals surface area contributed by atoms with Crippen molar-refractivity contribution in [2.24, 2.45) is 10.8 Å². The van der Waals surface area contributed by atoms with Crippen LogP contribution in [0.15, 0.2) is 102 Å². The van der Waals surface area contributed by atoms with Crippen LogP contribution in [0.25, 0.3) is 31.3 Å². The number of carbonyl (C=O) groups excluding carboxylic acids is 2. The SMILES string of the molecule is C1CCC2(C1)CCNCC2.CCOC(=O)c1cc2ccc(Br)cc2s1.Nc1ccc(-c2ccccc2)cc1NC(=O)c1cc2ccc(N3CCC4(CCNC4)CC3)cc2s1. The number of piperidine rings is 2. The lowest BCUT2D eigenvalue weighted by atomic mass is 9.78. The summed E-state index contributed by atoms with van der Waals surface area (Å²) in [5.74, 6) is -0.367. The zero-order valence-electron chi connectivity index (χ0n) is 34.5. The number of halogens is 1. The third kappa shape index (κ3) is 10.1. The maximum Gasteiger partial charge on any atom is 0.348 e. The number of hydrogen-bond acceptors (Lipinski definition) is 9. The van der Waals surface area contributed by atoms with Crippen molar-refractivity contribution in [1.82, 2.24) is 10.6 Å². The zero-order valence-corrected chi connectivity index (χ0v) is 37.7. The molecule has 4 aromatic carbocycles. The Morgan fingerprint density at radius 1 is 0.733 bits per heavy atom. The topological polar surface area (TPSA) is 109 Å². The van der Waals surface area contributed by atoms with Crippen LogP contribution in [0.2, 0.25) is 0 Å². The van der Waals surface area contributed by atoms with Crippen molar-refractivity contribution in [2.45, 2.75) is 64.7 Å². The number of anilines is 3. The van der Waals surface area contributed by atoms with Crippen molar-refractivity contribution in [3.05, 3.63) is 111 Å². The Labute approximate surface area is 370 Å². The zero-order chi connectivity index (χ0) is 41.5. The maximum absolute atomic E-state index is 13.1. The van der Waals surface area contributed by atoms with Crippen LogP contribution in [0, 0.1) is 10.8 Å². The van der Waals surface area contributed by atoms with E-state index in [1.165, 1.54) is 106 Å². The van der Waals surface area contributed by atoms with Gasteiger partial charge in [0, 0.05) is 39.2 Å². The van der Waals surface area contributed by atoms with Crippen molar-refractivity contribution in [3.8, 4) is 11.1 Å². The summed E-state index contributed by atoms with van der Waals surface area (Å²) in [5, 5.41) is 12.2. The summed E-state index contributed by atoms with van der Waals surface area (Å²) in [6.45, 7) is 9.31. The van der Waals surface area contributed by atoms with Crippen molar-refractivity contribution >= 4 is 87.7 Å². The quantitative estimate of drug-likeness (QED) is 0.0974. The lowest BCUT2D eigenvalue weighted by Crippen LogP contribution is -2.41. The fourth-order valence-corrected chi connectivity index (χ4v) is 11.8. The van der Waals surface area contributed by atoms with Crippen LogP contribution in [-0.4, -0.2) is 57.8 Å². The molecule has 0 unspecified atom stereocenters. The van der Waals surface area contributed by atoms with Crippen LogP contribution < -0.4 is 26.6 Å². The van der Waals surface area contributed by atoms with E-state index < -0.39 is 0 Å². The van der Waals surface area contributed by atoms with Gasteiger partial charge < -0.3 is 31.3 Å². The number of amides is 1. The largest absolute Gasteiger partial charge is 0.462 e. The van der Waals surface area contributed by atoms with E-state index in [-0.39, 0.29) is 11.9 Å². The molecular weight excluding hydrogens is 851 g/mol. The van der Waals surface area contributed by atoms with E-state index in [1.807, 2.05) is 85.8 Å². The molecule has 0 radical (unpaired) electrons. The molecule has 60 heavy (non-hydrogen) atoms. The molecule has 4 fully saturated rings. The highest BCUT2D eigenvalue weighted by Gasteiger charge is 2.37. The molecule has 0 atom stereocenters. The van der Waals surface area contributed by atoms with Gasteiger partial charge in [0.1, 0.15) is 4.88 Å². The molecule has 3 aliphatic heterocycles. The number of benzene rings is 4. The highest BCUT2D eigenvalue weighted by molar-refractivity contribution is 9.10. The van der Waals surface area contributed by atoms with E-state index in [1.54, 1.807) is 0 Å². The molecule has 1 aliphatic carbocycles. The molecule has 6 aromatic rings. The molecule has 3 saturated heterocycles. The van der Waals surface area contributed by atoms with E-state index in [2.05, 4.69) is 55.0 Å². The molecule has 1 amide bonds. The van der Waals surface area contributed by atoms with Crippen molar-refractivity contribution in [1.29, 1.82) is 0 Å². The van der Waals surface area contributed by atoms with E-state index >= 15 is 0 Å². The molecule has 11 heteroatoms. The maximum atomic E-state index is 13.1. The van der Waals surface area contributed by atoms with E-state index in [9.17, 15) is 9.59 Å². The molecule has 10 rings (SSSR count). The van der Waals surface area contributed by atoms with Gasteiger partial charge in [-0.05, 0) is 153 Å². The standard InChI is InChI=1S/C29H30N4OS.C11H9BrO2S.C9H17N/c30-24-9-7-21(20-4-2-1-3-5-20)16-25(24)32-28(34)27-17-22-6-8-23(18-26(22)35-27)33-14-11-29(12-15-33)10-13-31-19-29;1-2-14-11(13)10-5-7-3-4-8(12)6-9(7)15-10;1-2-4-9(3-1)5-7-10-8-6-9/h1-9,16-18,31H,10-15,19,30H2,(H,32,34);3-6H,2H2,1H3;10H,1-8H2. The molecule has 5 N–H and O–H groups in total. The minimum Gasteiger partial charge on any atom is -0.462 e. The van der Waals surface area contributed by atoms with Gasteiger partial charge in [-0.25, -0.2) is 4.79 Å². The summed E-state index contributed by atoms with van der Waals surface area (Å²) in [6.07, 6.45) is 12.8. The number of nitrogens with one attached hydrogen (secondary N) is 3. The average Bonchev–Trinajstić information content (AvgIpc) is 4.10. The minimum absolute atomic E-state index is 0.127. The third-order valence-corrected chi connectivity index (χ3v) is 15.6. The summed E-state index contributed by atoms with van der Waals surface area (Å²) in [4.78, 5) is 28.5. The number of thiophene rings is 2. The number of carbonyl (C=O) groups is 2. The van der Waals surface area contributed by atoms with Gasteiger partial charge in [0.15, 0.2) is 0 Å². The van der Waals surface area contributed by atoms with Gasteiger partial charge in [-0.15, -0.1) is 22.7 Å². The van der Waals surface area contributed by atoms with Gasteiger partial charge in [-0.3, -0.25) is 4.79 Å². The number of esters is 1. The second-order valence-electron chi connectivity index (χ2n) is 16.8. The van der Waals surface area contributed by atoms with Crippen LogP contribution in [0.5, 0.6) is 0 Å². The van der Waals surface area contributed by atoms with Crippen LogP contribution in [-0.2, 0) is 4.74 Å². The summed E-state index contributed by atoms with van der Waals surface area (Å²) in [7, 11) is 0. The second kappa shape index (κ2) is 19.2. The molecule has 5 heterocycles. The molecule has 314 valence electrons. The molecule has 2 aromatic heterocycles. The van der Waals surface area contributed by atoms with Crippen molar-refractivity contribution in [3.63, 3.8) is 0 Å². The molecule has 4 aliphatic rings. The predicted octanol–water partition coefficient (Wildman–Crippen LogP) is 11.8. The molecule has 1 saturated carbocycles. The Kier molecular flexibility index (Phi) is 13.6. The van der Waals surface area contributed by atoms with Crippen molar-refractivity contribution in [2.75, 3.05) is 61.8 Å². The van der Waals surface area contributed by atoms with E-state index in [0.717, 1.165) is 60.8 Å². The number of rotatable bonds is 6. The first kappa shape index (κ1) is 42.4. The van der Waals surface area contributed by atoms with Gasteiger partial charge in [0.2, 0.25) is 0 Å². The molecular formula is C49H56BrN5O3S2. The average molecular weight is 907 g/mol. The van der Waals surface area contributed by atoms with Crippen LogP contribution in [0.1, 0.15) is 84.1 Å². The van der Waals surface area contributed by atoms with Crippen LogP contribution in [0.3, 0.4) is 0 Å². The smallest absolute Gasteiger partial charge is 0.348 e. The van der Waals surface area contributed by atoms with E-state index in [4.69, 9.17) is 10.5 Å². The monoisotopic (exact) mass is 905 g/mol. The Balaban J connectivity index is 0.000000162. The first-order valence-electron chi connectivity index (χ1n) is 21.5. The van der Waals surface area contributed by atoms with Crippen LogP contribution in [0.4, 0.5) is 17.1 Å². The number of nitrogens with two attached hydrogens (primary N) is 1. The van der Waals surface area contributed by atoms with Gasteiger partial charge >= 0.3 is 5.97 Å². The van der Waals surface area contributed by atoms with Gasteiger partial charge in [0.25, 0.3) is 5.91 Å². The molecule has 2 spiro atoms. The van der Waals surface area contributed by atoms with Crippen molar-refractivity contribution < 1.29 is 14.3 Å². The Morgan fingerprint density at radius 3 is 2.12 bits per heavy atom. The minimum atomic E-state index is -0.241. The van der Waals surface area contributed by atoms with Gasteiger partial charge in [0.05, 0.1) is 22.9 Å². The summed E-state index contributed by atoms with van der Waals surface area (Å²) in [5.41, 5.74) is 12.1. The lowest BCUT2D eigenvalue weighted by Gasteiger charge is -2.40. The predicted molar refractivity (Wildman–Crippen MR) is 256 cm³/mol. The van der Waals surface area contributed by atoms with Gasteiger partial charge in [-0.1, -0.05) is 77.3 Å². The van der Waals surface area contributed by atoms with Gasteiger partial charge in [-0.2, -0.15) is 0 Å². The fraction of sp³-hybridized carbons (Fsp3) is 0.388. The number of hydrogen-bond donors (Lipinski definition) is 4. The highest BCUT2D eigenvalue weighted by Crippen LogP contribution is 2.45. The third-order valence-electron chi connectivity index (χ3n) is 12.9.